The molecule has 1 aliphatic heterocycles. The van der Waals surface area contributed by atoms with Gasteiger partial charge in [-0.05, 0) is 39.0 Å². The van der Waals surface area contributed by atoms with Crippen molar-refractivity contribution >= 4 is 11.7 Å². The van der Waals surface area contributed by atoms with Gasteiger partial charge in [-0.1, -0.05) is 19.3 Å². The van der Waals surface area contributed by atoms with E-state index in [4.69, 9.17) is 0 Å². The smallest absolute Gasteiger partial charge is 0.223 e. The molecule has 1 amide bonds. The molecule has 2 fully saturated rings. The van der Waals surface area contributed by atoms with Crippen LogP contribution in [0.2, 0.25) is 0 Å². The third kappa shape index (κ3) is 4.43. The van der Waals surface area contributed by atoms with Crippen LogP contribution in [0.15, 0.2) is 6.07 Å². The number of nitrogens with zero attached hydrogens (tertiary/aromatic N) is 3. The fourth-order valence-electron chi connectivity index (χ4n) is 3.65. The fourth-order valence-corrected chi connectivity index (χ4v) is 3.65. The van der Waals surface area contributed by atoms with E-state index < -0.39 is 0 Å². The highest BCUT2D eigenvalue weighted by atomic mass is 16.1. The van der Waals surface area contributed by atoms with Crippen LogP contribution in [-0.4, -0.2) is 29.0 Å². The maximum Gasteiger partial charge on any atom is 0.223 e. The first-order valence-corrected chi connectivity index (χ1v) is 9.09. The minimum absolute atomic E-state index is 0.175. The van der Waals surface area contributed by atoms with Gasteiger partial charge in [0.25, 0.3) is 0 Å². The molecule has 2 aliphatic rings. The van der Waals surface area contributed by atoms with Crippen molar-refractivity contribution < 1.29 is 4.79 Å². The highest BCUT2D eigenvalue weighted by Gasteiger charge is 2.21. The van der Waals surface area contributed by atoms with Crippen molar-refractivity contribution in [3.8, 4) is 0 Å². The topological polar surface area (TPSA) is 58.1 Å². The quantitative estimate of drug-likeness (QED) is 0.928. The second kappa shape index (κ2) is 7.75. The van der Waals surface area contributed by atoms with Gasteiger partial charge < -0.3 is 10.2 Å². The van der Waals surface area contributed by atoms with E-state index in [0.717, 1.165) is 43.3 Å². The molecule has 0 bridgehead atoms. The van der Waals surface area contributed by atoms with Crippen LogP contribution in [0.25, 0.3) is 0 Å². The van der Waals surface area contributed by atoms with E-state index in [1.807, 2.05) is 6.92 Å². The molecule has 0 aromatic carbocycles. The number of amides is 1. The third-order valence-corrected chi connectivity index (χ3v) is 4.96. The van der Waals surface area contributed by atoms with E-state index in [1.165, 1.54) is 38.5 Å². The normalized spacial score (nSPS) is 19.6. The van der Waals surface area contributed by atoms with Crippen molar-refractivity contribution in [2.75, 3.05) is 18.0 Å². The Hall–Kier alpha value is -1.65. The summed E-state index contributed by atoms with van der Waals surface area (Å²) in [7, 11) is 0. The molecule has 5 heteroatoms. The maximum absolute atomic E-state index is 12.3. The second-order valence-corrected chi connectivity index (χ2v) is 6.88. The van der Waals surface area contributed by atoms with Crippen LogP contribution < -0.4 is 10.2 Å². The molecule has 1 saturated carbocycles. The van der Waals surface area contributed by atoms with Gasteiger partial charge in [-0.3, -0.25) is 4.79 Å². The van der Waals surface area contributed by atoms with Gasteiger partial charge in [-0.15, -0.1) is 0 Å². The number of hydrogen-bond acceptors (Lipinski definition) is 4. The number of nitrogens with one attached hydrogen (secondary N) is 1. The van der Waals surface area contributed by atoms with Gasteiger partial charge in [0.15, 0.2) is 0 Å². The Bertz CT molecular complexity index is 534. The molecule has 2 heterocycles. The lowest BCUT2D eigenvalue weighted by Crippen LogP contribution is -2.33. The Balaban J connectivity index is 1.60. The van der Waals surface area contributed by atoms with Crippen molar-refractivity contribution in [2.24, 2.45) is 5.92 Å². The van der Waals surface area contributed by atoms with Gasteiger partial charge >= 0.3 is 0 Å². The van der Waals surface area contributed by atoms with Gasteiger partial charge in [0, 0.05) is 30.8 Å². The molecule has 1 aliphatic carbocycles. The van der Waals surface area contributed by atoms with Gasteiger partial charge in [-0.25, -0.2) is 9.97 Å². The first-order chi connectivity index (χ1) is 11.2. The standard InChI is InChI=1S/C18H28N4O/c1-14-12-17(22-10-6-3-7-11-22)21-16(20-14)13-19-18(23)15-8-4-2-5-9-15/h12,15H,2-11,13H2,1H3,(H,19,23). The Morgan fingerprint density at radius 1 is 1.13 bits per heavy atom. The van der Waals surface area contributed by atoms with Crippen LogP contribution in [0.1, 0.15) is 62.9 Å². The molecule has 0 spiro atoms. The maximum atomic E-state index is 12.3. The van der Waals surface area contributed by atoms with Crippen LogP contribution in [0.4, 0.5) is 5.82 Å². The summed E-state index contributed by atoms with van der Waals surface area (Å²) in [5, 5.41) is 3.04. The van der Waals surface area contributed by atoms with E-state index in [-0.39, 0.29) is 11.8 Å². The highest BCUT2D eigenvalue weighted by Crippen LogP contribution is 2.23. The number of piperidine rings is 1. The Morgan fingerprint density at radius 3 is 2.57 bits per heavy atom. The van der Waals surface area contributed by atoms with Crippen LogP contribution in [0, 0.1) is 12.8 Å². The molecule has 126 valence electrons. The number of aryl methyl sites for hydroxylation is 1. The molecule has 0 unspecified atom stereocenters. The minimum Gasteiger partial charge on any atom is -0.357 e. The van der Waals surface area contributed by atoms with Crippen LogP contribution >= 0.6 is 0 Å². The summed E-state index contributed by atoms with van der Waals surface area (Å²) < 4.78 is 0. The van der Waals surface area contributed by atoms with Crippen LogP contribution in [-0.2, 0) is 11.3 Å². The number of anilines is 1. The summed E-state index contributed by atoms with van der Waals surface area (Å²) in [5.74, 6) is 2.11. The summed E-state index contributed by atoms with van der Waals surface area (Å²) in [6, 6.07) is 2.05. The van der Waals surface area contributed by atoms with Crippen molar-refractivity contribution in [3.63, 3.8) is 0 Å². The van der Waals surface area contributed by atoms with E-state index in [9.17, 15) is 4.79 Å². The molecule has 3 rings (SSSR count). The molecular formula is C18H28N4O. The molecule has 23 heavy (non-hydrogen) atoms. The monoisotopic (exact) mass is 316 g/mol. The summed E-state index contributed by atoms with van der Waals surface area (Å²) in [6.07, 6.45) is 9.46. The number of carbonyl (C=O) groups excluding carboxylic acids is 1. The second-order valence-electron chi connectivity index (χ2n) is 6.88. The zero-order valence-corrected chi connectivity index (χ0v) is 14.2. The molecule has 1 aromatic rings. The van der Waals surface area contributed by atoms with E-state index >= 15 is 0 Å². The molecule has 0 atom stereocenters. The number of carbonyl (C=O) groups is 1. The van der Waals surface area contributed by atoms with Gasteiger partial charge in [0.05, 0.1) is 6.54 Å². The lowest BCUT2D eigenvalue weighted by molar-refractivity contribution is -0.126. The first kappa shape index (κ1) is 16.2. The van der Waals surface area contributed by atoms with Gasteiger partial charge in [0.2, 0.25) is 5.91 Å². The Morgan fingerprint density at radius 2 is 1.83 bits per heavy atom. The van der Waals surface area contributed by atoms with Crippen LogP contribution in [0.5, 0.6) is 0 Å². The zero-order valence-electron chi connectivity index (χ0n) is 14.2. The highest BCUT2D eigenvalue weighted by molar-refractivity contribution is 5.78. The first-order valence-electron chi connectivity index (χ1n) is 9.09. The number of hydrogen-bond donors (Lipinski definition) is 1. The zero-order chi connectivity index (χ0) is 16.1. The molecule has 1 saturated heterocycles. The van der Waals surface area contributed by atoms with Crippen molar-refractivity contribution in [1.29, 1.82) is 0 Å². The van der Waals surface area contributed by atoms with Gasteiger partial charge in [0.1, 0.15) is 11.6 Å². The van der Waals surface area contributed by atoms with Crippen molar-refractivity contribution in [1.82, 2.24) is 15.3 Å². The molecule has 1 N–H and O–H groups in total. The predicted octanol–water partition coefficient (Wildman–Crippen LogP) is 2.97. The van der Waals surface area contributed by atoms with Crippen molar-refractivity contribution in [2.45, 2.75) is 64.8 Å². The van der Waals surface area contributed by atoms with Gasteiger partial charge in [-0.2, -0.15) is 0 Å². The fraction of sp³-hybridized carbons (Fsp3) is 0.722. The Labute approximate surface area is 138 Å². The molecule has 5 nitrogen and oxygen atoms in total. The van der Waals surface area contributed by atoms with E-state index in [0.29, 0.717) is 6.54 Å². The Kier molecular flexibility index (Phi) is 5.47. The summed E-state index contributed by atoms with van der Waals surface area (Å²) in [4.78, 5) is 23.8. The number of rotatable bonds is 4. The van der Waals surface area contributed by atoms with Crippen molar-refractivity contribution in [3.05, 3.63) is 17.6 Å². The SMILES string of the molecule is Cc1cc(N2CCCCC2)nc(CNC(=O)C2CCCCC2)n1. The third-order valence-electron chi connectivity index (χ3n) is 4.96. The summed E-state index contributed by atoms with van der Waals surface area (Å²) >= 11 is 0. The molecular weight excluding hydrogens is 288 g/mol. The summed E-state index contributed by atoms with van der Waals surface area (Å²) in [5.41, 5.74) is 0.975. The van der Waals surface area contributed by atoms with E-state index in [2.05, 4.69) is 26.3 Å². The van der Waals surface area contributed by atoms with Crippen LogP contribution in [0.3, 0.4) is 0 Å². The average Bonchev–Trinajstić information content (AvgIpc) is 2.61. The molecule has 1 aromatic heterocycles. The largest absolute Gasteiger partial charge is 0.357 e. The molecule has 0 radical (unpaired) electrons. The lowest BCUT2D eigenvalue weighted by atomic mass is 9.89. The minimum atomic E-state index is 0.175. The number of aromatic nitrogens is 2. The average molecular weight is 316 g/mol. The van der Waals surface area contributed by atoms with E-state index in [1.54, 1.807) is 0 Å². The predicted molar refractivity (Wildman–Crippen MR) is 91.3 cm³/mol. The lowest BCUT2D eigenvalue weighted by Gasteiger charge is -2.28. The summed E-state index contributed by atoms with van der Waals surface area (Å²) in [6.45, 7) is 4.59.